The number of aromatic nitrogens is 4. The van der Waals surface area contributed by atoms with Crippen molar-refractivity contribution in [2.24, 2.45) is 7.05 Å². The maximum atomic E-state index is 11.1. The molecule has 0 unspecified atom stereocenters. The molecule has 0 saturated heterocycles. The van der Waals surface area contributed by atoms with Gasteiger partial charge in [0.05, 0.1) is 17.8 Å². The summed E-state index contributed by atoms with van der Waals surface area (Å²) < 4.78 is 1.57. The molecule has 0 amide bonds. The first-order valence-corrected chi connectivity index (χ1v) is 3.14. The van der Waals surface area contributed by atoms with Crippen LogP contribution in [-0.4, -0.2) is 20.0 Å². The Morgan fingerprint density at radius 1 is 1.55 bits per heavy atom. The maximum Gasteiger partial charge on any atom is 0.211 e. The minimum absolute atomic E-state index is 0.105. The molecule has 0 saturated carbocycles. The second-order valence-electron chi connectivity index (χ2n) is 2.26. The van der Waals surface area contributed by atoms with Crippen LogP contribution < -0.4 is 5.43 Å². The molecular formula is C6H6N4O. The summed E-state index contributed by atoms with van der Waals surface area (Å²) in [5.41, 5.74) is 0.546. The van der Waals surface area contributed by atoms with Gasteiger partial charge >= 0.3 is 0 Å². The molecule has 2 rings (SSSR count). The third kappa shape index (κ3) is 0.739. The Hall–Kier alpha value is -1.65. The number of aryl methyl sites for hydroxylation is 1. The van der Waals surface area contributed by atoms with Gasteiger partial charge < -0.3 is 0 Å². The molecule has 0 aliphatic rings. The van der Waals surface area contributed by atoms with Crippen molar-refractivity contribution in [1.82, 2.24) is 20.0 Å². The van der Waals surface area contributed by atoms with Crippen molar-refractivity contribution >= 4 is 11.0 Å². The van der Waals surface area contributed by atoms with Crippen molar-refractivity contribution in [3.63, 3.8) is 0 Å². The van der Waals surface area contributed by atoms with E-state index in [1.54, 1.807) is 11.7 Å². The zero-order valence-electron chi connectivity index (χ0n) is 5.90. The highest BCUT2D eigenvalue weighted by molar-refractivity contribution is 5.72. The van der Waals surface area contributed by atoms with E-state index in [2.05, 4.69) is 15.3 Å². The van der Waals surface area contributed by atoms with Crippen LogP contribution in [0.2, 0.25) is 0 Å². The van der Waals surface area contributed by atoms with Gasteiger partial charge in [0.2, 0.25) is 5.43 Å². The Kier molecular flexibility index (Phi) is 1.06. The van der Waals surface area contributed by atoms with Gasteiger partial charge in [-0.25, -0.2) is 0 Å². The number of nitrogens with zero attached hydrogens (tertiary/aromatic N) is 3. The molecule has 0 aliphatic carbocycles. The van der Waals surface area contributed by atoms with Crippen LogP contribution >= 0.6 is 0 Å². The zero-order valence-corrected chi connectivity index (χ0v) is 5.90. The van der Waals surface area contributed by atoms with Gasteiger partial charge in [0.1, 0.15) is 0 Å². The monoisotopic (exact) mass is 150 g/mol. The molecule has 56 valence electrons. The largest absolute Gasteiger partial charge is 0.287 e. The SMILES string of the molecule is Cn1ncc2c(=O)cn[nH]c21. The van der Waals surface area contributed by atoms with Crippen LogP contribution in [0.4, 0.5) is 0 Å². The Morgan fingerprint density at radius 3 is 3.09 bits per heavy atom. The first kappa shape index (κ1) is 6.09. The first-order chi connectivity index (χ1) is 5.29. The molecule has 2 aromatic rings. The zero-order chi connectivity index (χ0) is 7.84. The maximum absolute atomic E-state index is 11.1. The van der Waals surface area contributed by atoms with E-state index in [4.69, 9.17) is 0 Å². The van der Waals surface area contributed by atoms with E-state index in [0.29, 0.717) is 11.0 Å². The molecule has 0 aromatic carbocycles. The number of hydrogen-bond donors (Lipinski definition) is 1. The second kappa shape index (κ2) is 1.91. The minimum Gasteiger partial charge on any atom is -0.287 e. The lowest BCUT2D eigenvalue weighted by molar-refractivity contribution is 0.777. The lowest BCUT2D eigenvalue weighted by atomic mass is 10.4. The molecule has 5 heteroatoms. The van der Waals surface area contributed by atoms with Gasteiger partial charge in [0.15, 0.2) is 5.65 Å². The molecule has 0 radical (unpaired) electrons. The predicted octanol–water partition coefficient (Wildman–Crippen LogP) is -0.343. The minimum atomic E-state index is -0.105. The molecular weight excluding hydrogens is 144 g/mol. The van der Waals surface area contributed by atoms with Gasteiger partial charge in [-0.05, 0) is 0 Å². The van der Waals surface area contributed by atoms with Crippen LogP contribution in [0.15, 0.2) is 17.2 Å². The van der Waals surface area contributed by atoms with E-state index < -0.39 is 0 Å². The summed E-state index contributed by atoms with van der Waals surface area (Å²) in [4.78, 5) is 11.1. The van der Waals surface area contributed by atoms with Gasteiger partial charge in [0.25, 0.3) is 0 Å². The van der Waals surface area contributed by atoms with Gasteiger partial charge in [0, 0.05) is 7.05 Å². The van der Waals surface area contributed by atoms with Crippen molar-refractivity contribution in [2.75, 3.05) is 0 Å². The molecule has 0 fully saturated rings. The highest BCUT2D eigenvalue weighted by Crippen LogP contribution is 2.00. The molecule has 5 nitrogen and oxygen atoms in total. The lowest BCUT2D eigenvalue weighted by Crippen LogP contribution is -2.02. The highest BCUT2D eigenvalue weighted by atomic mass is 16.1. The van der Waals surface area contributed by atoms with Crippen LogP contribution in [0, 0.1) is 0 Å². The average Bonchev–Trinajstić information content (AvgIpc) is 2.35. The smallest absolute Gasteiger partial charge is 0.211 e. The Bertz CT molecular complexity index is 441. The van der Waals surface area contributed by atoms with E-state index in [9.17, 15) is 4.79 Å². The molecule has 0 spiro atoms. The van der Waals surface area contributed by atoms with Gasteiger partial charge in [-0.2, -0.15) is 10.2 Å². The summed E-state index contributed by atoms with van der Waals surface area (Å²) >= 11 is 0. The number of hydrogen-bond acceptors (Lipinski definition) is 3. The molecule has 2 aromatic heterocycles. The topological polar surface area (TPSA) is 63.6 Å². The fraction of sp³-hybridized carbons (Fsp3) is 0.167. The Morgan fingerprint density at radius 2 is 2.36 bits per heavy atom. The van der Waals surface area contributed by atoms with E-state index in [1.807, 2.05) is 0 Å². The third-order valence-corrected chi connectivity index (χ3v) is 1.56. The average molecular weight is 150 g/mol. The summed E-state index contributed by atoms with van der Waals surface area (Å²) in [6.07, 6.45) is 2.76. The summed E-state index contributed by atoms with van der Waals surface area (Å²) in [6.45, 7) is 0. The summed E-state index contributed by atoms with van der Waals surface area (Å²) in [5, 5.41) is 10.8. The number of rotatable bonds is 0. The van der Waals surface area contributed by atoms with Gasteiger partial charge in [-0.3, -0.25) is 14.6 Å². The van der Waals surface area contributed by atoms with Gasteiger partial charge in [-0.1, -0.05) is 0 Å². The molecule has 0 aliphatic heterocycles. The standard InChI is InChI=1S/C6H6N4O/c1-10-6-4(2-8-10)5(11)3-7-9-6/h2-3H,1H3,(H,9,11). The molecule has 0 bridgehead atoms. The van der Waals surface area contributed by atoms with Crippen LogP contribution in [0.25, 0.3) is 11.0 Å². The van der Waals surface area contributed by atoms with Crippen LogP contribution in [0.5, 0.6) is 0 Å². The quantitative estimate of drug-likeness (QED) is 0.558. The van der Waals surface area contributed by atoms with Crippen LogP contribution in [0.1, 0.15) is 0 Å². The molecule has 1 N–H and O–H groups in total. The fourth-order valence-electron chi connectivity index (χ4n) is 0.972. The summed E-state index contributed by atoms with van der Waals surface area (Å²) in [5.74, 6) is 0. The van der Waals surface area contributed by atoms with Crippen molar-refractivity contribution in [3.05, 3.63) is 22.6 Å². The Balaban J connectivity index is 3.06. The normalized spacial score (nSPS) is 10.6. The number of fused-ring (bicyclic) bond motifs is 1. The number of nitrogens with one attached hydrogen (secondary N) is 1. The van der Waals surface area contributed by atoms with Crippen molar-refractivity contribution in [2.45, 2.75) is 0 Å². The lowest BCUT2D eigenvalue weighted by Gasteiger charge is -1.89. The van der Waals surface area contributed by atoms with E-state index in [1.165, 1.54) is 12.4 Å². The third-order valence-electron chi connectivity index (χ3n) is 1.56. The van der Waals surface area contributed by atoms with Crippen molar-refractivity contribution in [1.29, 1.82) is 0 Å². The first-order valence-electron chi connectivity index (χ1n) is 3.14. The van der Waals surface area contributed by atoms with Crippen molar-refractivity contribution in [3.8, 4) is 0 Å². The molecule has 0 atom stereocenters. The molecule has 11 heavy (non-hydrogen) atoms. The summed E-state index contributed by atoms with van der Waals surface area (Å²) in [7, 11) is 1.75. The number of aromatic amines is 1. The second-order valence-corrected chi connectivity index (χ2v) is 2.26. The summed E-state index contributed by atoms with van der Waals surface area (Å²) in [6, 6.07) is 0. The molecule has 2 heterocycles. The van der Waals surface area contributed by atoms with E-state index in [0.717, 1.165) is 0 Å². The fourth-order valence-corrected chi connectivity index (χ4v) is 0.972. The van der Waals surface area contributed by atoms with Crippen molar-refractivity contribution < 1.29 is 0 Å². The highest BCUT2D eigenvalue weighted by Gasteiger charge is 2.01. The van der Waals surface area contributed by atoms with E-state index in [-0.39, 0.29) is 5.43 Å². The van der Waals surface area contributed by atoms with E-state index >= 15 is 0 Å². The van der Waals surface area contributed by atoms with Crippen LogP contribution in [-0.2, 0) is 7.05 Å². The number of H-pyrrole nitrogens is 1. The Labute approximate surface area is 61.7 Å². The van der Waals surface area contributed by atoms with Crippen LogP contribution in [0.3, 0.4) is 0 Å². The predicted molar refractivity (Wildman–Crippen MR) is 39.1 cm³/mol. The van der Waals surface area contributed by atoms with Gasteiger partial charge in [-0.15, -0.1) is 0 Å².